The third kappa shape index (κ3) is 1.42. The molecule has 0 bridgehead atoms. The zero-order valence-corrected chi connectivity index (χ0v) is 8.20. The molecule has 1 aromatic heterocycles. The van der Waals surface area contributed by atoms with Gasteiger partial charge in [-0.25, -0.2) is 5.84 Å². The first-order valence-electron chi connectivity index (χ1n) is 4.43. The van der Waals surface area contributed by atoms with Gasteiger partial charge in [0.25, 0.3) is 5.91 Å². The predicted octanol–water partition coefficient (Wildman–Crippen LogP) is 0.780. The summed E-state index contributed by atoms with van der Waals surface area (Å²) in [5.41, 5.74) is 3.41. The van der Waals surface area contributed by atoms with Gasteiger partial charge in [0.05, 0.1) is 18.1 Å². The number of amides is 1. The molecule has 0 aliphatic rings. The number of hydrazine groups is 1. The lowest BCUT2D eigenvalue weighted by atomic mass is 10.1. The predicted molar refractivity (Wildman–Crippen MR) is 56.5 cm³/mol. The molecule has 0 spiro atoms. The van der Waals surface area contributed by atoms with Crippen molar-refractivity contribution in [3.05, 3.63) is 30.0 Å². The van der Waals surface area contributed by atoms with Crippen LogP contribution in [0.3, 0.4) is 0 Å². The van der Waals surface area contributed by atoms with Gasteiger partial charge in [-0.05, 0) is 12.1 Å². The van der Waals surface area contributed by atoms with Crippen LogP contribution in [-0.4, -0.2) is 18.0 Å². The minimum Gasteiger partial charge on any atom is -0.496 e. The van der Waals surface area contributed by atoms with Crippen molar-refractivity contribution >= 4 is 16.8 Å². The topological polar surface area (TPSA) is 80.1 Å². The number of nitrogen functional groups attached to an aromatic ring is 1. The van der Waals surface area contributed by atoms with E-state index in [0.29, 0.717) is 11.3 Å². The lowest BCUT2D eigenvalue weighted by Crippen LogP contribution is -2.29. The van der Waals surface area contributed by atoms with Crippen molar-refractivity contribution < 1.29 is 9.53 Å². The maximum absolute atomic E-state index is 11.4. The molecule has 0 saturated heterocycles. The van der Waals surface area contributed by atoms with Crippen molar-refractivity contribution in [3.8, 4) is 5.75 Å². The van der Waals surface area contributed by atoms with Gasteiger partial charge in [0.1, 0.15) is 5.75 Å². The van der Waals surface area contributed by atoms with Crippen LogP contribution in [0.25, 0.3) is 10.9 Å². The van der Waals surface area contributed by atoms with E-state index in [1.165, 1.54) is 0 Å². The average molecular weight is 205 g/mol. The SMILES string of the molecule is COc1cccc2[nH]cc(C(=O)NN)c12. The first-order chi connectivity index (χ1) is 7.27. The van der Waals surface area contributed by atoms with Crippen LogP contribution in [0.2, 0.25) is 0 Å². The summed E-state index contributed by atoms with van der Waals surface area (Å²) in [4.78, 5) is 14.4. The Balaban J connectivity index is 2.71. The summed E-state index contributed by atoms with van der Waals surface area (Å²) >= 11 is 0. The summed E-state index contributed by atoms with van der Waals surface area (Å²) in [6.07, 6.45) is 1.61. The van der Waals surface area contributed by atoms with Crippen LogP contribution in [0.15, 0.2) is 24.4 Å². The molecule has 2 rings (SSSR count). The highest BCUT2D eigenvalue weighted by Crippen LogP contribution is 2.28. The normalized spacial score (nSPS) is 10.3. The van der Waals surface area contributed by atoms with Crippen molar-refractivity contribution in [3.63, 3.8) is 0 Å². The van der Waals surface area contributed by atoms with Crippen LogP contribution in [0, 0.1) is 0 Å². The van der Waals surface area contributed by atoms with Gasteiger partial charge in [0.15, 0.2) is 0 Å². The fourth-order valence-corrected chi connectivity index (χ4v) is 1.58. The molecule has 1 amide bonds. The van der Waals surface area contributed by atoms with E-state index in [2.05, 4.69) is 10.4 Å². The summed E-state index contributed by atoms with van der Waals surface area (Å²) in [6.45, 7) is 0. The van der Waals surface area contributed by atoms with E-state index in [4.69, 9.17) is 10.6 Å². The molecule has 4 N–H and O–H groups in total. The second kappa shape index (κ2) is 3.62. The lowest BCUT2D eigenvalue weighted by Gasteiger charge is -2.03. The van der Waals surface area contributed by atoms with Gasteiger partial charge in [-0.15, -0.1) is 0 Å². The molecule has 1 heterocycles. The molecule has 0 atom stereocenters. The molecule has 2 aromatic rings. The van der Waals surface area contributed by atoms with Crippen LogP contribution < -0.4 is 16.0 Å². The van der Waals surface area contributed by atoms with Crippen LogP contribution in [0.5, 0.6) is 5.75 Å². The Kier molecular flexibility index (Phi) is 2.31. The van der Waals surface area contributed by atoms with E-state index >= 15 is 0 Å². The Labute approximate surface area is 86.2 Å². The summed E-state index contributed by atoms with van der Waals surface area (Å²) in [7, 11) is 1.56. The van der Waals surface area contributed by atoms with E-state index in [0.717, 1.165) is 10.9 Å². The van der Waals surface area contributed by atoms with Crippen molar-refractivity contribution in [1.29, 1.82) is 0 Å². The largest absolute Gasteiger partial charge is 0.496 e. The minimum absolute atomic E-state index is 0.342. The number of carbonyl (C=O) groups excluding carboxylic acids is 1. The Morgan fingerprint density at radius 2 is 2.33 bits per heavy atom. The molecular weight excluding hydrogens is 194 g/mol. The Morgan fingerprint density at radius 3 is 3.00 bits per heavy atom. The number of nitrogens with one attached hydrogen (secondary N) is 2. The number of aromatic nitrogens is 1. The molecule has 5 heteroatoms. The number of aromatic amines is 1. The number of nitrogens with two attached hydrogens (primary N) is 1. The summed E-state index contributed by atoms with van der Waals surface area (Å²) in [5, 5.41) is 0.739. The van der Waals surface area contributed by atoms with E-state index in [1.54, 1.807) is 19.4 Å². The van der Waals surface area contributed by atoms with Gasteiger partial charge in [0, 0.05) is 11.7 Å². The van der Waals surface area contributed by atoms with E-state index in [9.17, 15) is 4.79 Å². The van der Waals surface area contributed by atoms with Gasteiger partial charge < -0.3 is 9.72 Å². The Morgan fingerprint density at radius 1 is 1.53 bits per heavy atom. The van der Waals surface area contributed by atoms with Crippen LogP contribution in [0.1, 0.15) is 10.4 Å². The monoisotopic (exact) mass is 205 g/mol. The van der Waals surface area contributed by atoms with Crippen LogP contribution in [0.4, 0.5) is 0 Å². The van der Waals surface area contributed by atoms with E-state index in [-0.39, 0.29) is 5.91 Å². The number of carbonyl (C=O) groups is 1. The maximum atomic E-state index is 11.4. The number of benzene rings is 1. The molecule has 0 aliphatic carbocycles. The quantitative estimate of drug-likeness (QED) is 0.385. The fraction of sp³-hybridized carbons (Fsp3) is 0.100. The van der Waals surface area contributed by atoms with Gasteiger partial charge in [-0.1, -0.05) is 6.07 Å². The summed E-state index contributed by atoms with van der Waals surface area (Å²) in [6, 6.07) is 5.51. The first-order valence-corrected chi connectivity index (χ1v) is 4.43. The summed E-state index contributed by atoms with van der Waals surface area (Å²) in [5.74, 6) is 5.40. The zero-order valence-electron chi connectivity index (χ0n) is 8.20. The molecule has 5 nitrogen and oxygen atoms in total. The lowest BCUT2D eigenvalue weighted by molar-refractivity contribution is 0.0955. The van der Waals surface area contributed by atoms with Gasteiger partial charge >= 0.3 is 0 Å². The number of H-pyrrole nitrogens is 1. The molecule has 0 radical (unpaired) electrons. The second-order valence-corrected chi connectivity index (χ2v) is 3.06. The highest BCUT2D eigenvalue weighted by molar-refractivity contribution is 6.08. The number of ether oxygens (including phenoxy) is 1. The second-order valence-electron chi connectivity index (χ2n) is 3.06. The minimum atomic E-state index is -0.342. The molecule has 0 saturated carbocycles. The van der Waals surface area contributed by atoms with Crippen molar-refractivity contribution in [1.82, 2.24) is 10.4 Å². The van der Waals surface area contributed by atoms with Crippen molar-refractivity contribution in [2.45, 2.75) is 0 Å². The van der Waals surface area contributed by atoms with Gasteiger partial charge in [-0.3, -0.25) is 10.2 Å². The zero-order chi connectivity index (χ0) is 10.8. The summed E-state index contributed by atoms with van der Waals surface area (Å²) < 4.78 is 5.18. The molecule has 0 aliphatic heterocycles. The fourth-order valence-electron chi connectivity index (χ4n) is 1.58. The number of methoxy groups -OCH3 is 1. The Hall–Kier alpha value is -2.01. The third-order valence-electron chi connectivity index (χ3n) is 2.26. The number of rotatable bonds is 2. The van der Waals surface area contributed by atoms with E-state index < -0.39 is 0 Å². The molecule has 0 unspecified atom stereocenters. The molecule has 15 heavy (non-hydrogen) atoms. The average Bonchev–Trinajstić information content (AvgIpc) is 2.71. The standard InChI is InChI=1S/C10H11N3O2/c1-15-8-4-2-3-7-9(8)6(5-12-7)10(14)13-11/h2-5,12H,11H2,1H3,(H,13,14). The molecular formula is C10H11N3O2. The number of fused-ring (bicyclic) bond motifs is 1. The van der Waals surface area contributed by atoms with Crippen LogP contribution >= 0.6 is 0 Å². The molecule has 78 valence electrons. The smallest absolute Gasteiger partial charge is 0.267 e. The van der Waals surface area contributed by atoms with Gasteiger partial charge in [-0.2, -0.15) is 0 Å². The van der Waals surface area contributed by atoms with Crippen molar-refractivity contribution in [2.24, 2.45) is 5.84 Å². The highest BCUT2D eigenvalue weighted by atomic mass is 16.5. The first kappa shape index (κ1) is 9.54. The van der Waals surface area contributed by atoms with Gasteiger partial charge in [0.2, 0.25) is 0 Å². The maximum Gasteiger partial charge on any atom is 0.267 e. The van der Waals surface area contributed by atoms with E-state index in [1.807, 2.05) is 12.1 Å². The third-order valence-corrected chi connectivity index (χ3v) is 2.26. The highest BCUT2D eigenvalue weighted by Gasteiger charge is 2.14. The number of hydrogen-bond acceptors (Lipinski definition) is 3. The van der Waals surface area contributed by atoms with Crippen molar-refractivity contribution in [2.75, 3.05) is 7.11 Å². The Bertz CT molecular complexity index is 504. The molecule has 1 aromatic carbocycles. The number of hydrogen-bond donors (Lipinski definition) is 3. The molecule has 0 fully saturated rings. The van der Waals surface area contributed by atoms with Crippen LogP contribution in [-0.2, 0) is 0 Å².